The van der Waals surface area contributed by atoms with E-state index in [4.69, 9.17) is 3.63 Å². The van der Waals surface area contributed by atoms with Gasteiger partial charge in [-0.05, 0) is 10.8 Å². The van der Waals surface area contributed by atoms with Crippen LogP contribution in [0, 0.1) is 10.8 Å². The normalized spacial score (nSPS) is 17.6. The van der Waals surface area contributed by atoms with E-state index >= 15 is 0 Å². The summed E-state index contributed by atoms with van der Waals surface area (Å²) in [5.74, 6) is 0. The molecule has 0 heterocycles. The van der Waals surface area contributed by atoms with Crippen LogP contribution in [0.2, 0.25) is 0 Å². The zero-order chi connectivity index (χ0) is 12.3. The molecule has 15 heavy (non-hydrogen) atoms. The molecule has 0 saturated heterocycles. The highest BCUT2D eigenvalue weighted by molar-refractivity contribution is 8.08. The lowest BCUT2D eigenvalue weighted by Crippen LogP contribution is -2.21. The van der Waals surface area contributed by atoms with Gasteiger partial charge in [-0.1, -0.05) is 55.4 Å². The summed E-state index contributed by atoms with van der Waals surface area (Å²) in [6.07, 6.45) is 0. The van der Waals surface area contributed by atoms with Gasteiger partial charge in [-0.25, -0.2) is 3.63 Å². The zero-order valence-corrected chi connectivity index (χ0v) is 13.0. The highest BCUT2D eigenvalue weighted by atomic mass is 32.2. The van der Waals surface area contributed by atoms with Crippen LogP contribution in [-0.4, -0.2) is 10.5 Å². The maximum absolute atomic E-state index is 5.64. The molecule has 0 N–H and O–H groups in total. The molecule has 3 heteroatoms. The molecule has 0 amide bonds. The van der Waals surface area contributed by atoms with Crippen molar-refractivity contribution in [2.45, 2.75) is 65.9 Å². The van der Waals surface area contributed by atoms with Crippen LogP contribution in [0.3, 0.4) is 0 Å². The molecule has 0 aromatic heterocycles. The lowest BCUT2D eigenvalue weighted by molar-refractivity contribution is 0.397. The first-order chi connectivity index (χ1) is 6.55. The summed E-state index contributed by atoms with van der Waals surface area (Å²) < 4.78 is 5.64. The average molecular weight is 250 g/mol. The first kappa shape index (κ1) is 15.7. The van der Waals surface area contributed by atoms with E-state index < -0.39 is 0 Å². The Balaban J connectivity index is 3.81. The lowest BCUT2D eigenvalue weighted by atomic mass is 9.93. The summed E-state index contributed by atoms with van der Waals surface area (Å²) in [6.45, 7) is 17.9. The smallest absolute Gasteiger partial charge is 0.0344 e. The van der Waals surface area contributed by atoms with Gasteiger partial charge in [-0.2, -0.15) is 0 Å². The van der Waals surface area contributed by atoms with Crippen molar-refractivity contribution in [3.8, 4) is 0 Å². The van der Waals surface area contributed by atoms with Crippen molar-refractivity contribution in [3.05, 3.63) is 0 Å². The van der Waals surface area contributed by atoms with E-state index in [1.54, 1.807) is 24.1 Å². The van der Waals surface area contributed by atoms with Crippen molar-refractivity contribution in [3.63, 3.8) is 0 Å². The first-order valence-electron chi connectivity index (χ1n) is 5.54. The van der Waals surface area contributed by atoms with Crippen molar-refractivity contribution in [1.29, 1.82) is 0 Å². The number of hydrogen-bond donors (Lipinski definition) is 0. The summed E-state index contributed by atoms with van der Waals surface area (Å²) in [6, 6.07) is 0. The van der Waals surface area contributed by atoms with Crippen LogP contribution in [-0.2, 0) is 3.63 Å². The molecule has 0 spiro atoms. The molecule has 92 valence electrons. The van der Waals surface area contributed by atoms with Gasteiger partial charge in [0.15, 0.2) is 0 Å². The molecule has 0 aliphatic heterocycles. The first-order valence-corrected chi connectivity index (χ1v) is 7.15. The van der Waals surface area contributed by atoms with Gasteiger partial charge >= 0.3 is 0 Å². The molecule has 0 rings (SSSR count). The molecule has 1 nitrogen and oxygen atoms in total. The molecule has 0 aromatic carbocycles. The van der Waals surface area contributed by atoms with Crippen molar-refractivity contribution in [2.24, 2.45) is 10.8 Å². The third-order valence-corrected chi connectivity index (χ3v) is 5.43. The number of hydrogen-bond acceptors (Lipinski definition) is 3. The molecule has 0 aromatic rings. The molecular formula is C12H26OS2. The Hall–Kier alpha value is 0.660. The van der Waals surface area contributed by atoms with Gasteiger partial charge in [0.25, 0.3) is 0 Å². The van der Waals surface area contributed by atoms with E-state index in [1.165, 1.54) is 0 Å². The van der Waals surface area contributed by atoms with Gasteiger partial charge < -0.3 is 0 Å². The van der Waals surface area contributed by atoms with Gasteiger partial charge in [0, 0.05) is 34.6 Å². The van der Waals surface area contributed by atoms with Gasteiger partial charge in [-0.15, -0.1) is 0 Å². The van der Waals surface area contributed by atoms with E-state index in [2.05, 4.69) is 55.4 Å². The predicted octanol–water partition coefficient (Wildman–Crippen LogP) is 5.17. The Morgan fingerprint density at radius 1 is 0.733 bits per heavy atom. The third kappa shape index (κ3) is 6.75. The SMILES string of the molecule is CC(SOSC(C)C(C)(C)C)C(C)(C)C. The van der Waals surface area contributed by atoms with Crippen molar-refractivity contribution < 1.29 is 3.63 Å². The van der Waals surface area contributed by atoms with Crippen LogP contribution >= 0.6 is 24.1 Å². The molecule has 0 radical (unpaired) electrons. The van der Waals surface area contributed by atoms with E-state index in [1.807, 2.05) is 0 Å². The minimum absolute atomic E-state index is 0.302. The summed E-state index contributed by atoms with van der Waals surface area (Å²) in [5, 5.41) is 1.02. The van der Waals surface area contributed by atoms with Crippen LogP contribution in [0.25, 0.3) is 0 Å². The lowest BCUT2D eigenvalue weighted by Gasteiger charge is -2.28. The van der Waals surface area contributed by atoms with Gasteiger partial charge in [0.2, 0.25) is 0 Å². The fourth-order valence-electron chi connectivity index (χ4n) is 0.429. The third-order valence-electron chi connectivity index (χ3n) is 2.81. The monoisotopic (exact) mass is 250 g/mol. The quantitative estimate of drug-likeness (QED) is 0.637. The van der Waals surface area contributed by atoms with Crippen LogP contribution in [0.5, 0.6) is 0 Å². The van der Waals surface area contributed by atoms with Crippen molar-refractivity contribution >= 4 is 24.1 Å². The number of rotatable bonds is 4. The zero-order valence-electron chi connectivity index (χ0n) is 11.4. The fraction of sp³-hybridized carbons (Fsp3) is 1.00. The highest BCUT2D eigenvalue weighted by Gasteiger charge is 2.24. The Labute approximate surface area is 105 Å². The fourth-order valence-corrected chi connectivity index (χ4v) is 2.13. The largest absolute Gasteiger partial charge is 0.247 e. The van der Waals surface area contributed by atoms with Crippen LogP contribution in [0.4, 0.5) is 0 Å². The summed E-state index contributed by atoms with van der Waals surface area (Å²) >= 11 is 3.18. The Kier molecular flexibility index (Phi) is 6.09. The Bertz CT molecular complexity index is 159. The molecular weight excluding hydrogens is 224 g/mol. The van der Waals surface area contributed by atoms with E-state index in [9.17, 15) is 0 Å². The summed E-state index contributed by atoms with van der Waals surface area (Å²) in [7, 11) is 0. The Morgan fingerprint density at radius 3 is 1.20 bits per heavy atom. The van der Waals surface area contributed by atoms with Crippen LogP contribution in [0.1, 0.15) is 55.4 Å². The summed E-state index contributed by atoms with van der Waals surface area (Å²) in [4.78, 5) is 0. The molecule has 0 fully saturated rings. The van der Waals surface area contributed by atoms with Crippen molar-refractivity contribution in [2.75, 3.05) is 0 Å². The van der Waals surface area contributed by atoms with Crippen LogP contribution in [0.15, 0.2) is 0 Å². The van der Waals surface area contributed by atoms with Gasteiger partial charge in [-0.3, -0.25) is 0 Å². The standard InChI is InChI=1S/C12H26OS2/c1-9(11(3,4)5)14-13-15-10(2)12(6,7)8/h9-10H,1-8H3. The second kappa shape index (κ2) is 5.83. The minimum Gasteiger partial charge on any atom is -0.247 e. The highest BCUT2D eigenvalue weighted by Crippen LogP contribution is 2.37. The molecule has 0 aliphatic carbocycles. The van der Waals surface area contributed by atoms with Gasteiger partial charge in [0.1, 0.15) is 0 Å². The van der Waals surface area contributed by atoms with Crippen molar-refractivity contribution in [1.82, 2.24) is 0 Å². The van der Waals surface area contributed by atoms with Gasteiger partial charge in [0.05, 0.1) is 0 Å². The Morgan fingerprint density at radius 2 is 1.00 bits per heavy atom. The molecule has 2 atom stereocenters. The van der Waals surface area contributed by atoms with E-state index in [0.717, 1.165) is 0 Å². The molecule has 2 unspecified atom stereocenters. The minimum atomic E-state index is 0.302. The van der Waals surface area contributed by atoms with E-state index in [-0.39, 0.29) is 0 Å². The summed E-state index contributed by atoms with van der Waals surface area (Å²) in [5.41, 5.74) is 0.604. The maximum Gasteiger partial charge on any atom is 0.0344 e. The topological polar surface area (TPSA) is 9.23 Å². The van der Waals surface area contributed by atoms with E-state index in [0.29, 0.717) is 21.3 Å². The molecule has 0 saturated carbocycles. The second-order valence-corrected chi connectivity index (χ2v) is 8.62. The molecule has 0 aliphatic rings. The average Bonchev–Trinajstić information content (AvgIpc) is 2.00. The molecule has 0 bridgehead atoms. The predicted molar refractivity (Wildman–Crippen MR) is 74.1 cm³/mol. The maximum atomic E-state index is 5.64. The second-order valence-electron chi connectivity index (χ2n) is 6.28. The van der Waals surface area contributed by atoms with Crippen LogP contribution < -0.4 is 0 Å².